The van der Waals surface area contributed by atoms with Crippen molar-refractivity contribution in [2.75, 3.05) is 0 Å². The summed E-state index contributed by atoms with van der Waals surface area (Å²) >= 11 is 5.69. The van der Waals surface area contributed by atoms with E-state index in [0.717, 1.165) is 6.42 Å². The van der Waals surface area contributed by atoms with Crippen LogP contribution in [0.15, 0.2) is 35.5 Å². The van der Waals surface area contributed by atoms with Gasteiger partial charge in [-0.3, -0.25) is 9.98 Å². The van der Waals surface area contributed by atoms with Gasteiger partial charge in [-0.25, -0.2) is 4.39 Å². The number of aromatic hydroxyl groups is 1. The molecule has 0 saturated heterocycles. The summed E-state index contributed by atoms with van der Waals surface area (Å²) in [6.07, 6.45) is 4.74. The van der Waals surface area contributed by atoms with E-state index < -0.39 is 5.82 Å². The number of halogens is 2. The second-order valence-corrected chi connectivity index (χ2v) is 4.71. The van der Waals surface area contributed by atoms with Crippen molar-refractivity contribution >= 4 is 23.5 Å². The quantitative estimate of drug-likeness (QED) is 0.855. The first kappa shape index (κ1) is 14.5. The maximum atomic E-state index is 13.0. The fraction of sp³-hybridized carbons (Fsp3) is 0.200. The molecule has 104 valence electrons. The molecule has 3 nitrogen and oxygen atoms in total. The minimum absolute atomic E-state index is 0.0188. The molecular weight excluding hydrogens is 279 g/mol. The van der Waals surface area contributed by atoms with Crippen molar-refractivity contribution in [3.05, 3.63) is 52.6 Å². The number of hydrogen-bond donors (Lipinski definition) is 1. The van der Waals surface area contributed by atoms with Crippen LogP contribution in [0.3, 0.4) is 0 Å². The molecule has 5 heteroatoms. The summed E-state index contributed by atoms with van der Waals surface area (Å²) in [6, 6.07) is 5.87. The van der Waals surface area contributed by atoms with Crippen molar-refractivity contribution in [2.24, 2.45) is 4.99 Å². The fourth-order valence-electron chi connectivity index (χ4n) is 1.75. The van der Waals surface area contributed by atoms with Crippen LogP contribution in [0.4, 0.5) is 10.1 Å². The Morgan fingerprint density at radius 3 is 2.90 bits per heavy atom. The van der Waals surface area contributed by atoms with Crippen molar-refractivity contribution in [3.63, 3.8) is 0 Å². The van der Waals surface area contributed by atoms with Gasteiger partial charge in [0, 0.05) is 18.0 Å². The van der Waals surface area contributed by atoms with Gasteiger partial charge in [0.1, 0.15) is 11.6 Å². The second-order valence-electron chi connectivity index (χ2n) is 4.30. The van der Waals surface area contributed by atoms with E-state index in [0.29, 0.717) is 23.4 Å². The summed E-state index contributed by atoms with van der Waals surface area (Å²) in [6.45, 7) is 2.02. The molecule has 1 heterocycles. The standard InChI is InChI=1S/C15H14ClFN2O/c1-2-3-14-15(20)10(6-7-18-14)9-19-11-4-5-13(17)12(16)8-11/h4-9,20H,2-3H2,1H3/b19-9+. The van der Waals surface area contributed by atoms with Crippen LogP contribution in [-0.4, -0.2) is 16.3 Å². The van der Waals surface area contributed by atoms with Crippen molar-refractivity contribution in [1.82, 2.24) is 4.98 Å². The summed E-state index contributed by atoms with van der Waals surface area (Å²) < 4.78 is 13.0. The van der Waals surface area contributed by atoms with Gasteiger partial charge < -0.3 is 5.11 Å². The fourth-order valence-corrected chi connectivity index (χ4v) is 1.92. The lowest BCUT2D eigenvalue weighted by molar-refractivity contribution is 0.462. The van der Waals surface area contributed by atoms with Crippen LogP contribution in [-0.2, 0) is 6.42 Å². The summed E-state index contributed by atoms with van der Waals surface area (Å²) in [5.41, 5.74) is 1.74. The molecule has 1 N–H and O–H groups in total. The number of benzene rings is 1. The third-order valence-electron chi connectivity index (χ3n) is 2.77. The van der Waals surface area contributed by atoms with E-state index in [1.807, 2.05) is 6.92 Å². The van der Waals surface area contributed by atoms with Crippen molar-refractivity contribution in [1.29, 1.82) is 0 Å². The highest BCUT2D eigenvalue weighted by molar-refractivity contribution is 6.31. The molecular formula is C15H14ClFN2O. The Morgan fingerprint density at radius 1 is 1.40 bits per heavy atom. The maximum Gasteiger partial charge on any atom is 0.145 e. The highest BCUT2D eigenvalue weighted by Gasteiger charge is 2.06. The van der Waals surface area contributed by atoms with E-state index in [-0.39, 0.29) is 10.8 Å². The van der Waals surface area contributed by atoms with Crippen LogP contribution in [0, 0.1) is 5.82 Å². The van der Waals surface area contributed by atoms with Crippen LogP contribution >= 0.6 is 11.6 Å². The lowest BCUT2D eigenvalue weighted by atomic mass is 10.1. The van der Waals surface area contributed by atoms with Gasteiger partial charge >= 0.3 is 0 Å². The lowest BCUT2D eigenvalue weighted by Crippen LogP contribution is -1.93. The van der Waals surface area contributed by atoms with Crippen molar-refractivity contribution in [2.45, 2.75) is 19.8 Å². The maximum absolute atomic E-state index is 13.0. The van der Waals surface area contributed by atoms with E-state index in [2.05, 4.69) is 9.98 Å². The summed E-state index contributed by atoms with van der Waals surface area (Å²) in [5.74, 6) is -0.353. The largest absolute Gasteiger partial charge is 0.505 e. The normalized spacial score (nSPS) is 11.2. The van der Waals surface area contributed by atoms with Gasteiger partial charge in [-0.15, -0.1) is 0 Å². The first-order chi connectivity index (χ1) is 9.61. The zero-order chi connectivity index (χ0) is 14.5. The van der Waals surface area contributed by atoms with Gasteiger partial charge in [0.2, 0.25) is 0 Å². The number of hydrogen-bond acceptors (Lipinski definition) is 3. The van der Waals surface area contributed by atoms with Gasteiger partial charge in [-0.05, 0) is 30.7 Å². The van der Waals surface area contributed by atoms with Crippen molar-refractivity contribution < 1.29 is 9.50 Å². The third kappa shape index (κ3) is 3.33. The van der Waals surface area contributed by atoms with Crippen LogP contribution in [0.1, 0.15) is 24.6 Å². The molecule has 0 atom stereocenters. The number of aromatic nitrogens is 1. The first-order valence-corrected chi connectivity index (χ1v) is 6.65. The van der Waals surface area contributed by atoms with E-state index in [1.54, 1.807) is 12.3 Å². The van der Waals surface area contributed by atoms with Crippen LogP contribution < -0.4 is 0 Å². The average molecular weight is 293 g/mol. The third-order valence-corrected chi connectivity index (χ3v) is 3.06. The summed E-state index contributed by atoms with van der Waals surface area (Å²) in [7, 11) is 0. The van der Waals surface area contributed by atoms with E-state index >= 15 is 0 Å². The molecule has 0 aliphatic carbocycles. The minimum Gasteiger partial charge on any atom is -0.505 e. The van der Waals surface area contributed by atoms with Gasteiger partial charge in [-0.2, -0.15) is 0 Å². The highest BCUT2D eigenvalue weighted by atomic mass is 35.5. The van der Waals surface area contributed by atoms with Gasteiger partial charge in [0.15, 0.2) is 0 Å². The molecule has 0 fully saturated rings. The molecule has 0 unspecified atom stereocenters. The molecule has 2 aromatic rings. The zero-order valence-electron chi connectivity index (χ0n) is 11.0. The number of pyridine rings is 1. The number of nitrogens with zero attached hydrogens (tertiary/aromatic N) is 2. The molecule has 1 aromatic carbocycles. The molecule has 1 aromatic heterocycles. The monoisotopic (exact) mass is 292 g/mol. The Labute approximate surface area is 121 Å². The number of aliphatic imine (C=N–C) groups is 1. The molecule has 0 spiro atoms. The Morgan fingerprint density at radius 2 is 2.20 bits per heavy atom. The topological polar surface area (TPSA) is 45.5 Å². The zero-order valence-corrected chi connectivity index (χ0v) is 11.7. The smallest absolute Gasteiger partial charge is 0.145 e. The molecule has 20 heavy (non-hydrogen) atoms. The van der Waals surface area contributed by atoms with Crippen LogP contribution in [0.2, 0.25) is 5.02 Å². The lowest BCUT2D eigenvalue weighted by Gasteiger charge is -2.04. The number of aryl methyl sites for hydroxylation is 1. The molecule has 2 rings (SSSR count). The summed E-state index contributed by atoms with van der Waals surface area (Å²) in [4.78, 5) is 8.30. The first-order valence-electron chi connectivity index (χ1n) is 6.27. The average Bonchev–Trinajstić information content (AvgIpc) is 2.44. The molecule has 0 bridgehead atoms. The summed E-state index contributed by atoms with van der Waals surface area (Å²) in [5, 5.41) is 10.1. The highest BCUT2D eigenvalue weighted by Crippen LogP contribution is 2.23. The Hall–Kier alpha value is -1.94. The van der Waals surface area contributed by atoms with E-state index in [9.17, 15) is 9.50 Å². The van der Waals surface area contributed by atoms with Crippen molar-refractivity contribution in [3.8, 4) is 5.75 Å². The minimum atomic E-state index is -0.484. The molecule has 0 aliphatic rings. The van der Waals surface area contributed by atoms with Gasteiger partial charge in [-0.1, -0.05) is 24.9 Å². The Bertz CT molecular complexity index is 644. The van der Waals surface area contributed by atoms with E-state index in [4.69, 9.17) is 11.6 Å². The molecule has 0 saturated carbocycles. The van der Waals surface area contributed by atoms with Crippen LogP contribution in [0.5, 0.6) is 5.75 Å². The second kappa shape index (κ2) is 6.48. The number of rotatable bonds is 4. The molecule has 0 radical (unpaired) electrons. The van der Waals surface area contributed by atoms with Gasteiger partial charge in [0.05, 0.1) is 16.4 Å². The predicted octanol–water partition coefficient (Wildman–Crippen LogP) is 4.28. The van der Waals surface area contributed by atoms with Crippen LogP contribution in [0.25, 0.3) is 0 Å². The Balaban J connectivity index is 2.27. The molecule has 0 amide bonds. The SMILES string of the molecule is CCCc1nccc(/C=N/c2ccc(F)c(Cl)c2)c1O. The Kier molecular flexibility index (Phi) is 4.69. The van der Waals surface area contributed by atoms with Gasteiger partial charge in [0.25, 0.3) is 0 Å². The predicted molar refractivity (Wildman–Crippen MR) is 78.6 cm³/mol. The van der Waals surface area contributed by atoms with E-state index in [1.165, 1.54) is 24.4 Å². The molecule has 0 aliphatic heterocycles.